The third-order valence-electron chi connectivity index (χ3n) is 5.45. The number of carbonyl (C=O) groups is 2. The highest BCUT2D eigenvalue weighted by atomic mass is 35.5. The minimum Gasteiger partial charge on any atom is -0.493 e. The molecule has 0 unspecified atom stereocenters. The lowest BCUT2D eigenvalue weighted by Crippen LogP contribution is -2.44. The number of thiocarbonyl (C=S) groups is 1. The van der Waals surface area contributed by atoms with Gasteiger partial charge in [-0.05, 0) is 55.0 Å². The van der Waals surface area contributed by atoms with Crippen LogP contribution in [0, 0.1) is 27.2 Å². The van der Waals surface area contributed by atoms with Gasteiger partial charge in [0.15, 0.2) is 15.8 Å². The fourth-order valence-corrected chi connectivity index (χ4v) is 5.04. The third kappa shape index (κ3) is 5.88. The molecule has 0 bridgehead atoms. The van der Waals surface area contributed by atoms with Gasteiger partial charge in [-0.25, -0.2) is 0 Å². The van der Waals surface area contributed by atoms with Crippen LogP contribution in [0.3, 0.4) is 0 Å². The van der Waals surface area contributed by atoms with E-state index < -0.39 is 33.0 Å². The van der Waals surface area contributed by atoms with E-state index in [0.717, 1.165) is 40.5 Å². The molecule has 12 nitrogen and oxygen atoms in total. The number of carbonyl (C=O) groups excluding carboxylic acids is 2. The van der Waals surface area contributed by atoms with E-state index in [-0.39, 0.29) is 42.6 Å². The topological polar surface area (TPSA) is 154 Å². The first-order chi connectivity index (χ1) is 19.0. The first-order valence-electron chi connectivity index (χ1n) is 11.1. The molecule has 3 aromatic rings. The van der Waals surface area contributed by atoms with E-state index in [1.165, 1.54) is 25.3 Å². The van der Waals surface area contributed by atoms with Crippen LogP contribution >= 0.6 is 35.6 Å². The maximum Gasteiger partial charge on any atom is 0.318 e. The highest BCUT2D eigenvalue weighted by molar-refractivity contribution is 8.26. The Bertz CT molecular complexity index is 1630. The van der Waals surface area contributed by atoms with E-state index in [1.807, 2.05) is 6.92 Å². The molecule has 1 aliphatic rings. The summed E-state index contributed by atoms with van der Waals surface area (Å²) in [5.74, 6) is -1.40. The van der Waals surface area contributed by atoms with Crippen molar-refractivity contribution >= 4 is 69.2 Å². The average Bonchev–Trinajstić information content (AvgIpc) is 3.16. The Morgan fingerprint density at radius 2 is 1.85 bits per heavy atom. The summed E-state index contributed by atoms with van der Waals surface area (Å²) in [7, 11) is 1.35. The summed E-state index contributed by atoms with van der Waals surface area (Å²) < 4.78 is 11.2. The number of benzene rings is 3. The number of nitrogens with zero attached hydrogens (tertiary/aromatic N) is 3. The van der Waals surface area contributed by atoms with Crippen LogP contribution in [0.1, 0.15) is 21.5 Å². The summed E-state index contributed by atoms with van der Waals surface area (Å²) in [6, 6.07) is 12.5. The van der Waals surface area contributed by atoms with E-state index in [4.69, 9.17) is 33.3 Å². The number of non-ortho nitro benzene ring substituents is 1. The molecule has 0 aromatic heterocycles. The van der Waals surface area contributed by atoms with Gasteiger partial charge in [-0.3, -0.25) is 35.2 Å². The van der Waals surface area contributed by atoms with Crippen molar-refractivity contribution in [1.29, 1.82) is 0 Å². The second kappa shape index (κ2) is 11.7. The molecule has 0 atom stereocenters. The van der Waals surface area contributed by atoms with E-state index in [9.17, 15) is 29.8 Å². The molecule has 40 heavy (non-hydrogen) atoms. The number of nitrogens with one attached hydrogen (secondary N) is 1. The zero-order chi connectivity index (χ0) is 29.1. The molecule has 0 spiro atoms. The maximum absolute atomic E-state index is 13.2. The van der Waals surface area contributed by atoms with Gasteiger partial charge in [0.25, 0.3) is 17.5 Å². The summed E-state index contributed by atoms with van der Waals surface area (Å²) in [6.07, 6.45) is 1.42. The third-order valence-corrected chi connectivity index (χ3v) is 7.07. The summed E-state index contributed by atoms with van der Waals surface area (Å²) in [5.41, 5.74) is 2.60. The normalized spacial score (nSPS) is 13.9. The Kier molecular flexibility index (Phi) is 8.32. The van der Waals surface area contributed by atoms with Crippen LogP contribution in [0.2, 0.25) is 5.02 Å². The molecule has 15 heteroatoms. The molecule has 204 valence electrons. The Hall–Kier alpha value is -4.53. The SMILES string of the molecule is COc1cccc(/C=C2/SC(=S)N(NC(=O)c3ccc(C)cc3Cl)C2=O)c1Oc1ccc([N+](=O)[O-])cc1[N+](=O)[O-]. The number of amides is 2. The summed E-state index contributed by atoms with van der Waals surface area (Å²) in [5, 5.41) is 23.8. The molecule has 3 aromatic carbocycles. The predicted octanol–water partition coefficient (Wildman–Crippen LogP) is 5.81. The van der Waals surface area contributed by atoms with Crippen molar-refractivity contribution < 1.29 is 28.9 Å². The Balaban J connectivity index is 1.66. The lowest BCUT2D eigenvalue weighted by atomic mass is 10.1. The lowest BCUT2D eigenvalue weighted by molar-refractivity contribution is -0.394. The van der Waals surface area contributed by atoms with Gasteiger partial charge in [-0.15, -0.1) is 0 Å². The summed E-state index contributed by atoms with van der Waals surface area (Å²) in [4.78, 5) is 47.2. The summed E-state index contributed by atoms with van der Waals surface area (Å²) in [6.45, 7) is 1.82. The number of methoxy groups -OCH3 is 1. The van der Waals surface area contributed by atoms with Crippen LogP contribution in [0.5, 0.6) is 17.2 Å². The van der Waals surface area contributed by atoms with E-state index in [0.29, 0.717) is 0 Å². The van der Waals surface area contributed by atoms with Crippen molar-refractivity contribution in [3.63, 3.8) is 0 Å². The van der Waals surface area contributed by atoms with Crippen LogP contribution in [-0.2, 0) is 4.79 Å². The summed E-state index contributed by atoms with van der Waals surface area (Å²) >= 11 is 12.4. The number of aryl methyl sites for hydroxylation is 1. The van der Waals surface area contributed by atoms with Crippen LogP contribution in [0.25, 0.3) is 6.08 Å². The van der Waals surface area contributed by atoms with Gasteiger partial charge >= 0.3 is 5.69 Å². The minimum absolute atomic E-state index is 0.00249. The highest BCUT2D eigenvalue weighted by Gasteiger charge is 2.34. The second-order valence-corrected chi connectivity index (χ2v) is 10.2. The van der Waals surface area contributed by atoms with Gasteiger partial charge in [0, 0.05) is 11.6 Å². The van der Waals surface area contributed by atoms with Crippen LogP contribution in [-0.4, -0.2) is 38.1 Å². The molecule has 2 amide bonds. The Morgan fingerprint density at radius 1 is 1.10 bits per heavy atom. The monoisotopic (exact) mass is 600 g/mol. The maximum atomic E-state index is 13.2. The van der Waals surface area contributed by atoms with Crippen molar-refractivity contribution in [2.75, 3.05) is 7.11 Å². The number of thioether (sulfide) groups is 1. The van der Waals surface area contributed by atoms with Gasteiger partial charge in [0.05, 0.1) is 38.5 Å². The quantitative estimate of drug-likeness (QED) is 0.145. The highest BCUT2D eigenvalue weighted by Crippen LogP contribution is 2.42. The van der Waals surface area contributed by atoms with Crippen molar-refractivity contribution in [3.05, 3.63) is 101 Å². The first kappa shape index (κ1) is 28.5. The number of nitro benzene ring substituents is 2. The van der Waals surface area contributed by atoms with Gasteiger partial charge in [-0.1, -0.05) is 41.6 Å². The number of halogens is 1. The van der Waals surface area contributed by atoms with Crippen LogP contribution < -0.4 is 14.9 Å². The van der Waals surface area contributed by atoms with Gasteiger partial charge in [0.2, 0.25) is 5.75 Å². The number of hydrazine groups is 1. The average molecular weight is 601 g/mol. The zero-order valence-electron chi connectivity index (χ0n) is 20.6. The molecule has 1 fully saturated rings. The lowest BCUT2D eigenvalue weighted by Gasteiger charge is -2.16. The smallest absolute Gasteiger partial charge is 0.318 e. The number of rotatable bonds is 8. The number of hydrogen-bond donors (Lipinski definition) is 1. The largest absolute Gasteiger partial charge is 0.493 e. The van der Waals surface area contributed by atoms with Gasteiger partial charge < -0.3 is 9.47 Å². The molecule has 1 aliphatic heterocycles. The van der Waals surface area contributed by atoms with Gasteiger partial charge in [-0.2, -0.15) is 5.01 Å². The van der Waals surface area contributed by atoms with Crippen LogP contribution in [0.4, 0.5) is 11.4 Å². The van der Waals surface area contributed by atoms with E-state index in [2.05, 4.69) is 5.43 Å². The molecule has 1 saturated heterocycles. The van der Waals surface area contributed by atoms with Crippen molar-refractivity contribution in [3.8, 4) is 17.2 Å². The first-order valence-corrected chi connectivity index (χ1v) is 12.7. The van der Waals surface area contributed by atoms with Crippen LogP contribution in [0.15, 0.2) is 59.5 Å². The number of ether oxygens (including phenoxy) is 2. The molecular weight excluding hydrogens is 584 g/mol. The fraction of sp³-hybridized carbons (Fsp3) is 0.0800. The molecule has 4 rings (SSSR count). The number of nitro groups is 2. The number of para-hydroxylation sites is 1. The Morgan fingerprint density at radius 3 is 2.50 bits per heavy atom. The van der Waals surface area contributed by atoms with Crippen molar-refractivity contribution in [1.82, 2.24) is 10.4 Å². The fourth-order valence-electron chi connectivity index (χ4n) is 3.55. The molecule has 1 heterocycles. The minimum atomic E-state index is -0.814. The molecular formula is C25H17ClN4O8S2. The molecule has 0 aliphatic carbocycles. The van der Waals surface area contributed by atoms with Gasteiger partial charge in [0.1, 0.15) is 0 Å². The van der Waals surface area contributed by atoms with E-state index in [1.54, 1.807) is 24.3 Å². The molecule has 0 radical (unpaired) electrons. The van der Waals surface area contributed by atoms with E-state index >= 15 is 0 Å². The molecule has 1 N–H and O–H groups in total. The van der Waals surface area contributed by atoms with Crippen molar-refractivity contribution in [2.45, 2.75) is 6.92 Å². The number of hydrogen-bond acceptors (Lipinski definition) is 10. The zero-order valence-corrected chi connectivity index (χ0v) is 23.0. The standard InChI is InChI=1S/C25H17ClN4O8S2/c1-13-6-8-16(17(26)10-13)23(31)27-28-24(32)21(40-25(28)39)11-14-4-3-5-20(37-2)22(14)38-19-9-7-15(29(33)34)12-18(19)30(35)36/h3-12H,1-2H3,(H,27,31)/b21-11+. The molecule has 0 saturated carbocycles. The van der Waals surface area contributed by atoms with Crippen molar-refractivity contribution in [2.24, 2.45) is 0 Å². The predicted molar refractivity (Wildman–Crippen MR) is 151 cm³/mol. The Labute approximate surface area is 240 Å². The second-order valence-electron chi connectivity index (χ2n) is 8.09.